The van der Waals surface area contributed by atoms with Crippen LogP contribution in [0.5, 0.6) is 0 Å². The number of aromatic nitrogens is 4. The molecule has 1 N–H and O–H groups in total. The Morgan fingerprint density at radius 2 is 2.07 bits per heavy atom. The highest BCUT2D eigenvalue weighted by Crippen LogP contribution is 2.26. The van der Waals surface area contributed by atoms with Gasteiger partial charge in [0.25, 0.3) is 0 Å². The molecule has 1 aliphatic heterocycles. The molecule has 4 aromatic rings. The van der Waals surface area contributed by atoms with Crippen LogP contribution in [0, 0.1) is 5.82 Å². The molecule has 0 fully saturated rings. The van der Waals surface area contributed by atoms with Gasteiger partial charge in [-0.25, -0.2) is 14.2 Å². The maximum Gasteiger partial charge on any atom is 0.331 e. The lowest BCUT2D eigenvalue weighted by Gasteiger charge is -2.28. The topological polar surface area (TPSA) is 66.3 Å². The van der Waals surface area contributed by atoms with Gasteiger partial charge in [0.05, 0.1) is 5.69 Å². The number of nitrogens with zero attached hydrogens (tertiary/aromatic N) is 4. The van der Waals surface area contributed by atoms with Crippen molar-refractivity contribution in [3.8, 4) is 11.3 Å². The fraction of sp³-hybridized carbons (Fsp3) is 0.190. The zero-order valence-corrected chi connectivity index (χ0v) is 15.1. The number of pyridine rings is 1. The third kappa shape index (κ3) is 2.90. The number of imidazole rings is 1. The fourth-order valence-corrected chi connectivity index (χ4v) is 3.78. The molecule has 0 atom stereocenters. The van der Waals surface area contributed by atoms with E-state index in [4.69, 9.17) is 0 Å². The summed E-state index contributed by atoms with van der Waals surface area (Å²) in [5, 5.41) is 0. The van der Waals surface area contributed by atoms with E-state index in [1.807, 2.05) is 12.3 Å². The predicted molar refractivity (Wildman–Crippen MR) is 103 cm³/mol. The number of benzene rings is 1. The summed E-state index contributed by atoms with van der Waals surface area (Å²) in [5.74, 6) is -0.352. The van der Waals surface area contributed by atoms with Crippen molar-refractivity contribution >= 4 is 5.65 Å². The Kier molecular flexibility index (Phi) is 4.02. The van der Waals surface area contributed by atoms with Gasteiger partial charge in [-0.05, 0) is 23.8 Å². The van der Waals surface area contributed by atoms with E-state index in [1.54, 1.807) is 30.6 Å². The number of halogens is 1. The van der Waals surface area contributed by atoms with Crippen molar-refractivity contribution in [1.82, 2.24) is 24.3 Å². The summed E-state index contributed by atoms with van der Waals surface area (Å²) in [7, 11) is 0. The van der Waals surface area contributed by atoms with Crippen molar-refractivity contribution in [3.05, 3.63) is 88.1 Å². The molecule has 0 radical (unpaired) electrons. The lowest BCUT2D eigenvalue weighted by atomic mass is 10.1. The van der Waals surface area contributed by atoms with Crippen LogP contribution in [0.4, 0.5) is 4.39 Å². The quantitative estimate of drug-likeness (QED) is 0.598. The first-order chi connectivity index (χ1) is 13.7. The van der Waals surface area contributed by atoms with E-state index in [9.17, 15) is 9.18 Å². The van der Waals surface area contributed by atoms with Crippen molar-refractivity contribution in [2.45, 2.75) is 19.5 Å². The second-order valence-electron chi connectivity index (χ2n) is 7.01. The standard InChI is InChI=1S/C21H18FN5O/c22-17-6-2-1-5-15(17)19-13-27-20(24-19)16-12-26(9-7-18(16)25-21(27)28)11-14-4-3-8-23-10-14/h1-6,8,10,13H,7,9,11-12H2,(H,25,28). The van der Waals surface area contributed by atoms with Crippen LogP contribution in [0.25, 0.3) is 16.9 Å². The van der Waals surface area contributed by atoms with E-state index in [0.29, 0.717) is 23.4 Å². The third-order valence-electron chi connectivity index (χ3n) is 5.16. The minimum atomic E-state index is -0.352. The van der Waals surface area contributed by atoms with E-state index in [1.165, 1.54) is 10.5 Å². The molecular weight excluding hydrogens is 357 g/mol. The number of hydrogen-bond acceptors (Lipinski definition) is 4. The van der Waals surface area contributed by atoms with Crippen molar-refractivity contribution in [1.29, 1.82) is 0 Å². The van der Waals surface area contributed by atoms with Gasteiger partial charge in [0.1, 0.15) is 11.5 Å². The van der Waals surface area contributed by atoms with E-state index in [0.717, 1.165) is 36.3 Å². The van der Waals surface area contributed by atoms with Crippen molar-refractivity contribution in [3.63, 3.8) is 0 Å². The summed E-state index contributed by atoms with van der Waals surface area (Å²) in [6.07, 6.45) is 5.97. The zero-order valence-electron chi connectivity index (χ0n) is 15.1. The van der Waals surface area contributed by atoms with E-state index in [-0.39, 0.29) is 11.5 Å². The number of fused-ring (bicyclic) bond motifs is 3. The summed E-state index contributed by atoms with van der Waals surface area (Å²) in [5.41, 5.74) is 4.23. The van der Waals surface area contributed by atoms with Crippen molar-refractivity contribution < 1.29 is 4.39 Å². The van der Waals surface area contributed by atoms with Gasteiger partial charge in [0.15, 0.2) is 0 Å². The first kappa shape index (κ1) is 16.8. The molecule has 1 aromatic carbocycles. The lowest BCUT2D eigenvalue weighted by molar-refractivity contribution is 0.243. The van der Waals surface area contributed by atoms with E-state index in [2.05, 4.69) is 25.9 Å². The van der Waals surface area contributed by atoms with Gasteiger partial charge in [-0.3, -0.25) is 14.3 Å². The Labute approximate surface area is 160 Å². The molecule has 3 aromatic heterocycles. The average molecular weight is 375 g/mol. The Bertz CT molecular complexity index is 1210. The van der Waals surface area contributed by atoms with Crippen molar-refractivity contribution in [2.24, 2.45) is 0 Å². The number of hydrogen-bond donors (Lipinski definition) is 1. The molecule has 0 spiro atoms. The highest BCUT2D eigenvalue weighted by Gasteiger charge is 2.23. The van der Waals surface area contributed by atoms with Crippen molar-refractivity contribution in [2.75, 3.05) is 6.54 Å². The van der Waals surface area contributed by atoms with Crippen LogP contribution in [-0.4, -0.2) is 30.8 Å². The van der Waals surface area contributed by atoms with Crippen LogP contribution in [0.2, 0.25) is 0 Å². The Morgan fingerprint density at radius 1 is 1.18 bits per heavy atom. The molecule has 1 aliphatic rings. The zero-order chi connectivity index (χ0) is 19.1. The van der Waals surface area contributed by atoms with Gasteiger partial charge in [-0.1, -0.05) is 18.2 Å². The molecule has 5 rings (SSSR count). The molecule has 4 heterocycles. The number of nitrogens with one attached hydrogen (secondary N) is 1. The van der Waals surface area contributed by atoms with Gasteiger partial charge >= 0.3 is 5.69 Å². The molecular formula is C21H18FN5O. The second-order valence-corrected chi connectivity index (χ2v) is 7.01. The van der Waals surface area contributed by atoms with E-state index < -0.39 is 0 Å². The van der Waals surface area contributed by atoms with Gasteiger partial charge in [-0.2, -0.15) is 0 Å². The smallest absolute Gasteiger partial charge is 0.310 e. The molecule has 7 heteroatoms. The van der Waals surface area contributed by atoms with Crippen LogP contribution in [-0.2, 0) is 19.5 Å². The summed E-state index contributed by atoms with van der Waals surface area (Å²) in [4.78, 5) is 26.6. The molecule has 0 bridgehead atoms. The average Bonchev–Trinajstić information content (AvgIpc) is 3.16. The number of aromatic amines is 1. The first-order valence-electron chi connectivity index (χ1n) is 9.18. The number of H-pyrrole nitrogens is 1. The molecule has 6 nitrogen and oxygen atoms in total. The van der Waals surface area contributed by atoms with Crippen LogP contribution in [0.1, 0.15) is 16.8 Å². The van der Waals surface area contributed by atoms with Crippen LogP contribution in [0.3, 0.4) is 0 Å². The largest absolute Gasteiger partial charge is 0.331 e. The van der Waals surface area contributed by atoms with Gasteiger partial charge < -0.3 is 4.98 Å². The van der Waals surface area contributed by atoms with Crippen LogP contribution >= 0.6 is 0 Å². The summed E-state index contributed by atoms with van der Waals surface area (Å²) in [6.45, 7) is 2.28. The monoisotopic (exact) mass is 375 g/mol. The highest BCUT2D eigenvalue weighted by atomic mass is 19.1. The third-order valence-corrected chi connectivity index (χ3v) is 5.16. The lowest BCUT2D eigenvalue weighted by Crippen LogP contribution is -2.33. The summed E-state index contributed by atoms with van der Waals surface area (Å²) in [6, 6.07) is 10.5. The minimum absolute atomic E-state index is 0.246. The minimum Gasteiger partial charge on any atom is -0.310 e. The molecule has 0 aliphatic carbocycles. The van der Waals surface area contributed by atoms with Crippen LogP contribution in [0.15, 0.2) is 59.8 Å². The molecule has 0 saturated heterocycles. The van der Waals surface area contributed by atoms with Crippen LogP contribution < -0.4 is 5.69 Å². The highest BCUT2D eigenvalue weighted by molar-refractivity contribution is 5.65. The maximum atomic E-state index is 14.2. The first-order valence-corrected chi connectivity index (χ1v) is 9.18. The van der Waals surface area contributed by atoms with E-state index >= 15 is 0 Å². The van der Waals surface area contributed by atoms with Gasteiger partial charge in [0, 0.05) is 61.5 Å². The Balaban J connectivity index is 1.56. The summed E-state index contributed by atoms with van der Waals surface area (Å²) >= 11 is 0. The van der Waals surface area contributed by atoms with Gasteiger partial charge in [-0.15, -0.1) is 0 Å². The van der Waals surface area contributed by atoms with Gasteiger partial charge in [0.2, 0.25) is 0 Å². The fourth-order valence-electron chi connectivity index (χ4n) is 3.78. The molecule has 28 heavy (non-hydrogen) atoms. The Hall–Kier alpha value is -3.32. The second kappa shape index (κ2) is 6.69. The Morgan fingerprint density at radius 3 is 2.89 bits per heavy atom. The SMILES string of the molecule is O=c1[nH]c2c(c3nc(-c4ccccc4F)cn13)CN(Cc1cccnc1)CC2. The predicted octanol–water partition coefficient (Wildman–Crippen LogP) is 2.78. The maximum absolute atomic E-state index is 14.2. The molecule has 140 valence electrons. The number of rotatable bonds is 3. The normalized spacial score (nSPS) is 14.3. The molecule has 0 unspecified atom stereocenters. The molecule has 0 amide bonds. The summed E-state index contributed by atoms with van der Waals surface area (Å²) < 4.78 is 15.7. The molecule has 0 saturated carbocycles.